The molecule has 3 nitrogen and oxygen atoms in total. The van der Waals surface area contributed by atoms with Crippen LogP contribution in [0.2, 0.25) is 10.0 Å². The molecule has 106 valence electrons. The summed E-state index contributed by atoms with van der Waals surface area (Å²) in [5, 5.41) is 11.1. The van der Waals surface area contributed by atoms with Gasteiger partial charge in [0.25, 0.3) is 0 Å². The minimum Gasteiger partial charge on any atom is -0.496 e. The number of rotatable bonds is 4. The van der Waals surface area contributed by atoms with Gasteiger partial charge in [0, 0.05) is 17.1 Å². The number of aromatic nitrogens is 1. The van der Waals surface area contributed by atoms with Crippen molar-refractivity contribution in [3.8, 4) is 5.75 Å². The largest absolute Gasteiger partial charge is 0.496 e. The van der Waals surface area contributed by atoms with Gasteiger partial charge in [0.1, 0.15) is 11.9 Å². The highest BCUT2D eigenvalue weighted by Crippen LogP contribution is 2.30. The van der Waals surface area contributed by atoms with Crippen LogP contribution in [0.25, 0.3) is 0 Å². The Balaban J connectivity index is 2.27. The molecule has 1 heterocycles. The van der Waals surface area contributed by atoms with Gasteiger partial charge in [0.05, 0.1) is 22.8 Å². The highest BCUT2D eigenvalue weighted by atomic mass is 79.9. The molecule has 0 aliphatic rings. The van der Waals surface area contributed by atoms with Crippen molar-refractivity contribution in [2.24, 2.45) is 0 Å². The van der Waals surface area contributed by atoms with Crippen LogP contribution in [0.5, 0.6) is 5.75 Å². The average Bonchev–Trinajstić information content (AvgIpc) is 2.38. The normalized spacial score (nSPS) is 12.2. The molecule has 1 N–H and O–H groups in total. The average molecular weight is 377 g/mol. The molecule has 0 bridgehead atoms. The summed E-state index contributed by atoms with van der Waals surface area (Å²) in [6, 6.07) is 7.17. The summed E-state index contributed by atoms with van der Waals surface area (Å²) in [6.07, 6.45) is 0.976. The van der Waals surface area contributed by atoms with Gasteiger partial charge >= 0.3 is 0 Å². The zero-order chi connectivity index (χ0) is 14.7. The van der Waals surface area contributed by atoms with E-state index >= 15 is 0 Å². The lowest BCUT2D eigenvalue weighted by Crippen LogP contribution is -2.06. The second-order valence-corrected chi connectivity index (χ2v) is 5.96. The van der Waals surface area contributed by atoms with Crippen LogP contribution in [0.3, 0.4) is 0 Å². The van der Waals surface area contributed by atoms with Gasteiger partial charge in [0.15, 0.2) is 0 Å². The maximum Gasteiger partial charge on any atom is 0.122 e. The molecule has 0 saturated heterocycles. The summed E-state index contributed by atoms with van der Waals surface area (Å²) in [4.78, 5) is 4.09. The zero-order valence-corrected chi connectivity index (χ0v) is 13.7. The van der Waals surface area contributed by atoms with E-state index in [-0.39, 0.29) is 0 Å². The molecular weight excluding hydrogens is 365 g/mol. The first-order valence-corrected chi connectivity index (χ1v) is 7.37. The van der Waals surface area contributed by atoms with E-state index < -0.39 is 6.10 Å². The van der Waals surface area contributed by atoms with Crippen LogP contribution in [0.4, 0.5) is 0 Å². The lowest BCUT2D eigenvalue weighted by atomic mass is 10.0. The molecular formula is C14H12BrCl2NO2. The lowest BCUT2D eigenvalue weighted by molar-refractivity contribution is 0.172. The van der Waals surface area contributed by atoms with Crippen molar-refractivity contribution in [1.29, 1.82) is 0 Å². The van der Waals surface area contributed by atoms with Gasteiger partial charge in [-0.3, -0.25) is 4.98 Å². The van der Waals surface area contributed by atoms with Crippen LogP contribution in [-0.4, -0.2) is 17.2 Å². The molecule has 2 rings (SSSR count). The first-order chi connectivity index (χ1) is 9.51. The number of hydrogen-bond donors (Lipinski definition) is 1. The molecule has 6 heteroatoms. The molecule has 0 amide bonds. The summed E-state index contributed by atoms with van der Waals surface area (Å²) < 4.78 is 6.19. The number of nitrogens with zero attached hydrogens (tertiary/aromatic N) is 1. The number of halogens is 3. The van der Waals surface area contributed by atoms with E-state index in [1.165, 1.54) is 6.20 Å². The molecule has 1 atom stereocenters. The Bertz CT molecular complexity index is 622. The van der Waals surface area contributed by atoms with Crippen LogP contribution in [0.1, 0.15) is 17.4 Å². The van der Waals surface area contributed by atoms with Gasteiger partial charge in [0.2, 0.25) is 0 Å². The minimum atomic E-state index is -0.831. The monoisotopic (exact) mass is 375 g/mol. The third kappa shape index (κ3) is 3.64. The Labute approximate surface area is 135 Å². The van der Waals surface area contributed by atoms with Gasteiger partial charge in [-0.15, -0.1) is 0 Å². The standard InChI is InChI=1S/C14H12BrCl2NO2/c1-20-13-3-2-9(15)4-8(13)5-12(19)14-11(17)6-10(16)7-18-14/h2-4,6-7,12,19H,5H2,1H3. The molecule has 0 fully saturated rings. The van der Waals surface area contributed by atoms with Crippen molar-refractivity contribution in [3.05, 3.63) is 56.2 Å². The summed E-state index contributed by atoms with van der Waals surface area (Å²) in [6.45, 7) is 0. The number of pyridine rings is 1. The van der Waals surface area contributed by atoms with Gasteiger partial charge in [-0.2, -0.15) is 0 Å². The molecule has 0 spiro atoms. The summed E-state index contributed by atoms with van der Waals surface area (Å²) >= 11 is 15.2. The molecule has 0 saturated carbocycles. The molecule has 0 radical (unpaired) electrons. The maximum atomic E-state index is 10.3. The fraction of sp³-hybridized carbons (Fsp3) is 0.214. The summed E-state index contributed by atoms with van der Waals surface area (Å²) in [5.41, 5.74) is 1.26. The molecule has 1 aromatic heterocycles. The number of methoxy groups -OCH3 is 1. The topological polar surface area (TPSA) is 42.4 Å². The Kier molecular flexibility index (Phi) is 5.27. The molecule has 0 aliphatic heterocycles. The van der Waals surface area contributed by atoms with Crippen LogP contribution in [-0.2, 0) is 6.42 Å². The Morgan fingerprint density at radius 2 is 2.10 bits per heavy atom. The van der Waals surface area contributed by atoms with Crippen molar-refractivity contribution >= 4 is 39.1 Å². The van der Waals surface area contributed by atoms with E-state index in [2.05, 4.69) is 20.9 Å². The zero-order valence-electron chi connectivity index (χ0n) is 10.6. The maximum absolute atomic E-state index is 10.3. The Hall–Kier alpha value is -0.810. The van der Waals surface area contributed by atoms with Crippen molar-refractivity contribution in [2.75, 3.05) is 7.11 Å². The molecule has 1 unspecified atom stereocenters. The van der Waals surface area contributed by atoms with Crippen LogP contribution >= 0.6 is 39.1 Å². The first-order valence-electron chi connectivity index (χ1n) is 5.82. The fourth-order valence-electron chi connectivity index (χ4n) is 1.88. The van der Waals surface area contributed by atoms with E-state index in [1.807, 2.05) is 18.2 Å². The van der Waals surface area contributed by atoms with E-state index in [1.54, 1.807) is 13.2 Å². The number of ether oxygens (including phenoxy) is 1. The SMILES string of the molecule is COc1ccc(Br)cc1CC(O)c1ncc(Cl)cc1Cl. The van der Waals surface area contributed by atoms with Crippen molar-refractivity contribution in [2.45, 2.75) is 12.5 Å². The number of hydrogen-bond acceptors (Lipinski definition) is 3. The minimum absolute atomic E-state index is 0.344. The van der Waals surface area contributed by atoms with Crippen molar-refractivity contribution < 1.29 is 9.84 Å². The first kappa shape index (κ1) is 15.6. The van der Waals surface area contributed by atoms with E-state index in [9.17, 15) is 5.11 Å². The molecule has 0 aliphatic carbocycles. The van der Waals surface area contributed by atoms with Crippen LogP contribution < -0.4 is 4.74 Å². The highest BCUT2D eigenvalue weighted by molar-refractivity contribution is 9.10. The smallest absolute Gasteiger partial charge is 0.122 e. The highest BCUT2D eigenvalue weighted by Gasteiger charge is 2.17. The lowest BCUT2D eigenvalue weighted by Gasteiger charge is -2.14. The molecule has 1 aromatic carbocycles. The van der Waals surface area contributed by atoms with E-state index in [0.717, 1.165) is 10.0 Å². The predicted molar refractivity (Wildman–Crippen MR) is 83.6 cm³/mol. The molecule has 2 aromatic rings. The molecule has 20 heavy (non-hydrogen) atoms. The van der Waals surface area contributed by atoms with Gasteiger partial charge < -0.3 is 9.84 Å². The number of benzene rings is 1. The predicted octanol–water partition coefficient (Wildman–Crippen LogP) is 4.44. The number of aliphatic hydroxyl groups excluding tert-OH is 1. The Morgan fingerprint density at radius 3 is 2.75 bits per heavy atom. The second kappa shape index (κ2) is 6.76. The van der Waals surface area contributed by atoms with Crippen LogP contribution in [0.15, 0.2) is 34.9 Å². The summed E-state index contributed by atoms with van der Waals surface area (Å²) in [7, 11) is 1.59. The van der Waals surface area contributed by atoms with Crippen LogP contribution in [0, 0.1) is 0 Å². The van der Waals surface area contributed by atoms with E-state index in [0.29, 0.717) is 27.9 Å². The van der Waals surface area contributed by atoms with Crippen molar-refractivity contribution in [3.63, 3.8) is 0 Å². The van der Waals surface area contributed by atoms with Gasteiger partial charge in [-0.05, 0) is 29.8 Å². The third-order valence-corrected chi connectivity index (χ3v) is 3.81. The quantitative estimate of drug-likeness (QED) is 0.857. The third-order valence-electron chi connectivity index (χ3n) is 2.81. The van der Waals surface area contributed by atoms with Gasteiger partial charge in [-0.1, -0.05) is 39.1 Å². The summed E-state index contributed by atoms with van der Waals surface area (Å²) in [5.74, 6) is 0.706. The fourth-order valence-corrected chi connectivity index (χ4v) is 2.80. The van der Waals surface area contributed by atoms with E-state index in [4.69, 9.17) is 27.9 Å². The Morgan fingerprint density at radius 1 is 1.35 bits per heavy atom. The number of aliphatic hydroxyl groups is 1. The second-order valence-electron chi connectivity index (χ2n) is 4.20. The van der Waals surface area contributed by atoms with Crippen molar-refractivity contribution in [1.82, 2.24) is 4.98 Å². The van der Waals surface area contributed by atoms with Gasteiger partial charge in [-0.25, -0.2) is 0 Å².